The number of esters is 1. The van der Waals surface area contributed by atoms with Crippen LogP contribution in [0.4, 0.5) is 4.79 Å². The van der Waals surface area contributed by atoms with Gasteiger partial charge in [0.2, 0.25) is 0 Å². The number of rotatable bonds is 4. The van der Waals surface area contributed by atoms with E-state index in [0.29, 0.717) is 0 Å². The molecule has 6 heteroatoms. The Morgan fingerprint density at radius 3 is 2.42 bits per heavy atom. The number of hydrogen-bond acceptors (Lipinski definition) is 6. The fourth-order valence-electron chi connectivity index (χ4n) is 0.385. The minimum atomic E-state index is -0.418. The van der Waals surface area contributed by atoms with Crippen LogP contribution in [0.2, 0.25) is 0 Å². The van der Waals surface area contributed by atoms with Crippen LogP contribution in [0.3, 0.4) is 0 Å². The normalized spacial score (nSPS) is 9.17. The molecule has 0 aliphatic carbocycles. The Morgan fingerprint density at radius 2 is 1.92 bits per heavy atom. The molecule has 0 atom stereocenters. The van der Waals surface area contributed by atoms with Crippen molar-refractivity contribution in [1.29, 1.82) is 0 Å². The quantitative estimate of drug-likeness (QED) is 0.425. The SMILES string of the molecule is CSC(=O)OCCOC(=O)CS. The number of thioether (sulfide) groups is 1. The predicted molar refractivity (Wildman–Crippen MR) is 49.7 cm³/mol. The second-order valence-electron chi connectivity index (χ2n) is 1.68. The van der Waals surface area contributed by atoms with Gasteiger partial charge in [-0.25, -0.2) is 4.79 Å². The van der Waals surface area contributed by atoms with Gasteiger partial charge in [-0.15, -0.1) is 0 Å². The zero-order chi connectivity index (χ0) is 9.40. The summed E-state index contributed by atoms with van der Waals surface area (Å²) in [5.74, 6) is -0.380. The molecule has 0 heterocycles. The van der Waals surface area contributed by atoms with E-state index >= 15 is 0 Å². The number of carbonyl (C=O) groups excluding carboxylic acids is 2. The predicted octanol–water partition coefficient (Wildman–Crippen LogP) is 0.959. The molecule has 0 aromatic heterocycles. The molecule has 0 rings (SSSR count). The molecule has 0 N–H and O–H groups in total. The number of ether oxygens (including phenoxy) is 2. The van der Waals surface area contributed by atoms with E-state index in [0.717, 1.165) is 11.8 Å². The fraction of sp³-hybridized carbons (Fsp3) is 0.667. The van der Waals surface area contributed by atoms with E-state index in [2.05, 4.69) is 22.1 Å². The molecule has 0 aliphatic rings. The largest absolute Gasteiger partial charge is 0.461 e. The minimum absolute atomic E-state index is 0.0382. The van der Waals surface area contributed by atoms with Gasteiger partial charge in [0, 0.05) is 0 Å². The Hall–Kier alpha value is -0.360. The van der Waals surface area contributed by atoms with E-state index in [4.69, 9.17) is 0 Å². The van der Waals surface area contributed by atoms with Crippen LogP contribution in [-0.4, -0.2) is 36.5 Å². The molecule has 12 heavy (non-hydrogen) atoms. The molecule has 0 saturated heterocycles. The summed E-state index contributed by atoms with van der Waals surface area (Å²) in [5.41, 5.74) is 0. The molecule has 70 valence electrons. The summed E-state index contributed by atoms with van der Waals surface area (Å²) in [6, 6.07) is 0. The molecule has 4 nitrogen and oxygen atoms in total. The number of carbonyl (C=O) groups is 2. The molecule has 0 aromatic carbocycles. The van der Waals surface area contributed by atoms with Crippen LogP contribution in [0.5, 0.6) is 0 Å². The van der Waals surface area contributed by atoms with E-state index in [1.165, 1.54) is 0 Å². The highest BCUT2D eigenvalue weighted by Gasteiger charge is 2.00. The van der Waals surface area contributed by atoms with Gasteiger partial charge >= 0.3 is 11.3 Å². The summed E-state index contributed by atoms with van der Waals surface area (Å²) >= 11 is 4.66. The second-order valence-corrected chi connectivity index (χ2v) is 2.74. The summed E-state index contributed by atoms with van der Waals surface area (Å²) < 4.78 is 9.19. The summed E-state index contributed by atoms with van der Waals surface area (Å²) in [6.07, 6.45) is 1.61. The first-order valence-electron chi connectivity index (χ1n) is 3.18. The highest BCUT2D eigenvalue weighted by molar-refractivity contribution is 8.12. The van der Waals surface area contributed by atoms with Gasteiger partial charge < -0.3 is 9.47 Å². The molecule has 0 saturated carbocycles. The molecular formula is C6H10O4S2. The van der Waals surface area contributed by atoms with Crippen molar-refractivity contribution in [2.24, 2.45) is 0 Å². The second kappa shape index (κ2) is 7.30. The van der Waals surface area contributed by atoms with Crippen molar-refractivity contribution in [2.75, 3.05) is 25.2 Å². The van der Waals surface area contributed by atoms with Gasteiger partial charge in [0.15, 0.2) is 0 Å². The van der Waals surface area contributed by atoms with Crippen molar-refractivity contribution in [3.63, 3.8) is 0 Å². The molecule has 0 radical (unpaired) electrons. The molecule has 0 bridgehead atoms. The van der Waals surface area contributed by atoms with Gasteiger partial charge in [-0.05, 0) is 18.0 Å². The molecule has 0 amide bonds. The number of hydrogen-bond donors (Lipinski definition) is 1. The van der Waals surface area contributed by atoms with Crippen LogP contribution in [0, 0.1) is 0 Å². The topological polar surface area (TPSA) is 52.6 Å². The average Bonchev–Trinajstić information content (AvgIpc) is 2.11. The van der Waals surface area contributed by atoms with Crippen LogP contribution < -0.4 is 0 Å². The van der Waals surface area contributed by atoms with E-state index in [9.17, 15) is 9.59 Å². The van der Waals surface area contributed by atoms with Crippen LogP contribution in [0.15, 0.2) is 0 Å². The highest BCUT2D eigenvalue weighted by Crippen LogP contribution is 1.97. The first kappa shape index (κ1) is 11.6. The molecule has 0 fully saturated rings. The Bertz CT molecular complexity index is 142. The summed E-state index contributed by atoms with van der Waals surface area (Å²) in [4.78, 5) is 21.0. The first-order valence-corrected chi connectivity index (χ1v) is 5.03. The van der Waals surface area contributed by atoms with Gasteiger partial charge in [0.05, 0.1) is 5.75 Å². The summed E-state index contributed by atoms with van der Waals surface area (Å²) in [7, 11) is 0. The lowest BCUT2D eigenvalue weighted by Gasteiger charge is -2.02. The van der Waals surface area contributed by atoms with Crippen LogP contribution in [-0.2, 0) is 14.3 Å². The Labute approximate surface area is 80.4 Å². The smallest absolute Gasteiger partial charge is 0.367 e. The average molecular weight is 210 g/mol. The van der Waals surface area contributed by atoms with Crippen LogP contribution in [0.25, 0.3) is 0 Å². The zero-order valence-corrected chi connectivity index (χ0v) is 8.32. The van der Waals surface area contributed by atoms with Crippen molar-refractivity contribution in [3.8, 4) is 0 Å². The Balaban J connectivity index is 3.21. The standard InChI is InChI=1S/C6H10O4S2/c1-12-6(8)10-3-2-9-5(7)4-11/h11H,2-4H2,1H3. The van der Waals surface area contributed by atoms with Crippen LogP contribution >= 0.6 is 24.4 Å². The lowest BCUT2D eigenvalue weighted by atomic mass is 10.7. The molecule has 0 aromatic rings. The molecule has 0 aliphatic heterocycles. The Kier molecular flexibility index (Phi) is 7.08. The monoisotopic (exact) mass is 210 g/mol. The van der Waals surface area contributed by atoms with E-state index in [1.807, 2.05) is 0 Å². The van der Waals surface area contributed by atoms with Gasteiger partial charge in [-0.3, -0.25) is 4.79 Å². The van der Waals surface area contributed by atoms with Crippen molar-refractivity contribution in [3.05, 3.63) is 0 Å². The van der Waals surface area contributed by atoms with E-state index in [1.54, 1.807) is 6.26 Å². The summed E-state index contributed by atoms with van der Waals surface area (Å²) in [5, 5.41) is -0.378. The fourth-order valence-corrected chi connectivity index (χ4v) is 0.678. The maximum absolute atomic E-state index is 10.5. The van der Waals surface area contributed by atoms with Gasteiger partial charge in [0.1, 0.15) is 13.2 Å². The van der Waals surface area contributed by atoms with Crippen molar-refractivity contribution >= 4 is 35.7 Å². The third kappa shape index (κ3) is 6.36. The third-order valence-corrected chi connectivity index (χ3v) is 1.57. The molecule has 0 spiro atoms. The van der Waals surface area contributed by atoms with Crippen molar-refractivity contribution in [2.45, 2.75) is 0 Å². The summed E-state index contributed by atoms with van der Waals surface area (Å²) in [6.45, 7) is 0.185. The first-order chi connectivity index (χ1) is 5.70. The lowest BCUT2D eigenvalue weighted by molar-refractivity contribution is -0.141. The van der Waals surface area contributed by atoms with Crippen LogP contribution in [0.1, 0.15) is 0 Å². The van der Waals surface area contributed by atoms with E-state index in [-0.39, 0.29) is 24.3 Å². The van der Waals surface area contributed by atoms with Gasteiger partial charge in [-0.2, -0.15) is 12.6 Å². The van der Waals surface area contributed by atoms with Gasteiger partial charge in [-0.1, -0.05) is 0 Å². The molecular weight excluding hydrogens is 200 g/mol. The maximum Gasteiger partial charge on any atom is 0.367 e. The van der Waals surface area contributed by atoms with Crippen molar-refractivity contribution < 1.29 is 19.1 Å². The Morgan fingerprint density at radius 1 is 1.33 bits per heavy atom. The highest BCUT2D eigenvalue weighted by atomic mass is 32.2. The maximum atomic E-state index is 10.5. The minimum Gasteiger partial charge on any atom is -0.461 e. The van der Waals surface area contributed by atoms with Crippen molar-refractivity contribution in [1.82, 2.24) is 0 Å². The zero-order valence-electron chi connectivity index (χ0n) is 6.61. The van der Waals surface area contributed by atoms with Gasteiger partial charge in [0.25, 0.3) is 0 Å². The third-order valence-electron chi connectivity index (χ3n) is 0.862. The van der Waals surface area contributed by atoms with E-state index < -0.39 is 5.97 Å². The number of thiol groups is 1. The lowest BCUT2D eigenvalue weighted by Crippen LogP contribution is -2.12. The molecule has 0 unspecified atom stereocenters.